The van der Waals surface area contributed by atoms with E-state index in [0.717, 1.165) is 4.47 Å². The highest BCUT2D eigenvalue weighted by molar-refractivity contribution is 9.10. The predicted octanol–water partition coefficient (Wildman–Crippen LogP) is 2.67. The highest BCUT2D eigenvalue weighted by atomic mass is 79.9. The lowest BCUT2D eigenvalue weighted by Crippen LogP contribution is -2.39. The van der Waals surface area contributed by atoms with E-state index < -0.39 is 23.0 Å². The lowest BCUT2D eigenvalue weighted by atomic mass is 9.73. The van der Waals surface area contributed by atoms with E-state index in [9.17, 15) is 9.59 Å². The molecule has 2 saturated heterocycles. The van der Waals surface area contributed by atoms with Crippen molar-refractivity contribution in [3.8, 4) is 0 Å². The van der Waals surface area contributed by atoms with Crippen LogP contribution in [-0.2, 0) is 14.3 Å². The van der Waals surface area contributed by atoms with Gasteiger partial charge in [0.25, 0.3) is 0 Å². The molecule has 0 radical (unpaired) electrons. The van der Waals surface area contributed by atoms with Crippen LogP contribution in [0.15, 0.2) is 40.9 Å². The second-order valence-corrected chi connectivity index (χ2v) is 7.16. The zero-order chi connectivity index (χ0) is 15.0. The SMILES string of the molecule is C[C@]12C=C[C@@](C)(O1)[C@H]1C(=O)N(c3ccc(Br)cc3)C(=O)[C@@H]12. The Labute approximate surface area is 130 Å². The minimum atomic E-state index is -0.670. The standard InChI is InChI=1S/C16H14BrNO3/c1-15-7-8-16(2,21-15)12-11(15)13(19)18(14(12)20)10-5-3-9(17)4-6-10/h3-8,11-12H,1-2H3/t11-,12-,15-,16-/m1/s1. The van der Waals surface area contributed by atoms with Crippen molar-refractivity contribution in [2.75, 3.05) is 4.90 Å². The molecule has 0 aromatic heterocycles. The van der Waals surface area contributed by atoms with Crippen LogP contribution in [0.4, 0.5) is 5.69 Å². The minimum Gasteiger partial charge on any atom is -0.359 e. The van der Waals surface area contributed by atoms with Gasteiger partial charge >= 0.3 is 0 Å². The lowest BCUT2D eigenvalue weighted by molar-refractivity contribution is -0.128. The maximum atomic E-state index is 12.8. The maximum Gasteiger partial charge on any atom is 0.241 e. The van der Waals surface area contributed by atoms with Crippen LogP contribution in [-0.4, -0.2) is 23.0 Å². The first kappa shape index (κ1) is 13.2. The first-order chi connectivity index (χ1) is 9.86. The molecule has 3 heterocycles. The highest BCUT2D eigenvalue weighted by Crippen LogP contribution is 2.57. The fraction of sp³-hybridized carbons (Fsp3) is 0.375. The number of rotatable bonds is 1. The van der Waals surface area contributed by atoms with Gasteiger partial charge in [-0.1, -0.05) is 28.1 Å². The number of halogens is 1. The Morgan fingerprint density at radius 3 is 1.95 bits per heavy atom. The normalized spacial score (nSPS) is 40.2. The fourth-order valence-electron chi connectivity index (χ4n) is 3.88. The molecular formula is C16H14BrNO3. The van der Waals surface area contributed by atoms with Crippen LogP contribution in [0.3, 0.4) is 0 Å². The number of carbonyl (C=O) groups excluding carboxylic acids is 2. The summed E-state index contributed by atoms with van der Waals surface area (Å²) in [5.74, 6) is -1.18. The Bertz CT molecular complexity index is 662. The third-order valence-electron chi connectivity index (χ3n) is 4.81. The average molecular weight is 348 g/mol. The maximum absolute atomic E-state index is 12.8. The average Bonchev–Trinajstić information content (AvgIpc) is 2.97. The number of amides is 2. The van der Waals surface area contributed by atoms with Crippen molar-refractivity contribution < 1.29 is 14.3 Å². The van der Waals surface area contributed by atoms with Crippen molar-refractivity contribution in [2.45, 2.75) is 25.0 Å². The van der Waals surface area contributed by atoms with Crippen molar-refractivity contribution in [2.24, 2.45) is 11.8 Å². The number of anilines is 1. The second kappa shape index (κ2) is 3.84. The van der Waals surface area contributed by atoms with Crippen LogP contribution >= 0.6 is 15.9 Å². The van der Waals surface area contributed by atoms with Gasteiger partial charge in [-0.15, -0.1) is 0 Å². The number of carbonyl (C=O) groups is 2. The van der Waals surface area contributed by atoms with Gasteiger partial charge in [-0.25, -0.2) is 4.90 Å². The van der Waals surface area contributed by atoms with Gasteiger partial charge in [0, 0.05) is 4.47 Å². The predicted molar refractivity (Wildman–Crippen MR) is 80.7 cm³/mol. The number of benzene rings is 1. The Hall–Kier alpha value is -1.46. The molecule has 4 rings (SSSR count). The van der Waals surface area contributed by atoms with Crippen LogP contribution in [0.2, 0.25) is 0 Å². The first-order valence-corrected chi connectivity index (χ1v) is 7.69. The lowest BCUT2D eigenvalue weighted by Gasteiger charge is -2.25. The van der Waals surface area contributed by atoms with Gasteiger partial charge in [0.2, 0.25) is 11.8 Å². The molecule has 1 aromatic rings. The molecule has 4 atom stereocenters. The van der Waals surface area contributed by atoms with Gasteiger partial charge in [0.15, 0.2) is 0 Å². The Balaban J connectivity index is 1.80. The molecule has 3 aliphatic rings. The number of ether oxygens (including phenoxy) is 1. The molecule has 2 amide bonds. The summed E-state index contributed by atoms with van der Waals surface area (Å²) in [5, 5.41) is 0. The summed E-state index contributed by atoms with van der Waals surface area (Å²) in [6.07, 6.45) is 3.84. The molecule has 0 unspecified atom stereocenters. The topological polar surface area (TPSA) is 46.6 Å². The number of fused-ring (bicyclic) bond motifs is 5. The molecule has 108 valence electrons. The van der Waals surface area contributed by atoms with E-state index in [-0.39, 0.29) is 11.8 Å². The third kappa shape index (κ3) is 1.53. The molecule has 0 spiro atoms. The molecule has 2 bridgehead atoms. The fourth-order valence-corrected chi connectivity index (χ4v) is 4.14. The molecule has 21 heavy (non-hydrogen) atoms. The molecular weight excluding hydrogens is 334 g/mol. The molecule has 0 N–H and O–H groups in total. The number of nitrogens with zero attached hydrogens (tertiary/aromatic N) is 1. The summed E-state index contributed by atoms with van der Waals surface area (Å²) >= 11 is 3.36. The van der Waals surface area contributed by atoms with E-state index in [2.05, 4.69) is 15.9 Å². The summed E-state index contributed by atoms with van der Waals surface area (Å²) in [4.78, 5) is 26.9. The van der Waals surface area contributed by atoms with Crippen molar-refractivity contribution in [1.29, 1.82) is 0 Å². The van der Waals surface area contributed by atoms with Gasteiger partial charge in [-0.2, -0.15) is 0 Å². The van der Waals surface area contributed by atoms with E-state index in [1.807, 2.05) is 38.1 Å². The molecule has 0 saturated carbocycles. The van der Waals surface area contributed by atoms with Crippen molar-refractivity contribution in [3.63, 3.8) is 0 Å². The quantitative estimate of drug-likeness (QED) is 0.579. The summed E-state index contributed by atoms with van der Waals surface area (Å²) in [5.41, 5.74) is -0.721. The zero-order valence-electron chi connectivity index (χ0n) is 11.7. The highest BCUT2D eigenvalue weighted by Gasteiger charge is 2.70. The summed E-state index contributed by atoms with van der Waals surface area (Å²) < 4.78 is 6.88. The van der Waals surface area contributed by atoms with Crippen LogP contribution < -0.4 is 4.90 Å². The van der Waals surface area contributed by atoms with E-state index >= 15 is 0 Å². The molecule has 3 aliphatic heterocycles. The molecule has 1 aromatic carbocycles. The van der Waals surface area contributed by atoms with Crippen molar-refractivity contribution in [3.05, 3.63) is 40.9 Å². The number of hydrogen-bond donors (Lipinski definition) is 0. The van der Waals surface area contributed by atoms with Gasteiger partial charge in [-0.05, 0) is 38.1 Å². The molecule has 4 nitrogen and oxygen atoms in total. The Morgan fingerprint density at radius 1 is 1.00 bits per heavy atom. The third-order valence-corrected chi connectivity index (χ3v) is 5.34. The minimum absolute atomic E-state index is 0.164. The smallest absolute Gasteiger partial charge is 0.241 e. The van der Waals surface area contributed by atoms with Crippen LogP contribution in [0.5, 0.6) is 0 Å². The second-order valence-electron chi connectivity index (χ2n) is 6.25. The van der Waals surface area contributed by atoms with Crippen LogP contribution in [0.25, 0.3) is 0 Å². The van der Waals surface area contributed by atoms with Crippen molar-refractivity contribution in [1.82, 2.24) is 0 Å². The number of hydrogen-bond acceptors (Lipinski definition) is 3. The van der Waals surface area contributed by atoms with Gasteiger partial charge in [-0.3, -0.25) is 9.59 Å². The first-order valence-electron chi connectivity index (χ1n) is 6.90. The van der Waals surface area contributed by atoms with Gasteiger partial charge < -0.3 is 4.74 Å². The van der Waals surface area contributed by atoms with E-state index in [1.54, 1.807) is 12.1 Å². The largest absolute Gasteiger partial charge is 0.359 e. The summed E-state index contributed by atoms with van der Waals surface area (Å²) in [6, 6.07) is 7.22. The van der Waals surface area contributed by atoms with Crippen LogP contribution in [0.1, 0.15) is 13.8 Å². The van der Waals surface area contributed by atoms with Crippen LogP contribution in [0, 0.1) is 11.8 Å². The summed E-state index contributed by atoms with van der Waals surface area (Å²) in [7, 11) is 0. The van der Waals surface area contributed by atoms with Gasteiger partial charge in [0.05, 0.1) is 28.7 Å². The van der Waals surface area contributed by atoms with E-state index in [0.29, 0.717) is 5.69 Å². The van der Waals surface area contributed by atoms with E-state index in [4.69, 9.17) is 4.74 Å². The van der Waals surface area contributed by atoms with E-state index in [1.165, 1.54) is 4.90 Å². The molecule has 2 fully saturated rings. The zero-order valence-corrected chi connectivity index (χ0v) is 13.3. The molecule has 5 heteroatoms. The van der Waals surface area contributed by atoms with Gasteiger partial charge in [0.1, 0.15) is 0 Å². The summed E-state index contributed by atoms with van der Waals surface area (Å²) in [6.45, 7) is 3.77. The Kier molecular flexibility index (Phi) is 2.42. The monoisotopic (exact) mass is 347 g/mol. The van der Waals surface area contributed by atoms with Crippen molar-refractivity contribution >= 4 is 33.4 Å². The Morgan fingerprint density at radius 2 is 1.48 bits per heavy atom. The number of imide groups is 1. The molecule has 0 aliphatic carbocycles.